The maximum atomic E-state index is 5.93. The number of unbranched alkanes of at least 4 members (excludes halogenated alkanes) is 3. The van der Waals surface area contributed by atoms with E-state index in [4.69, 9.17) is 4.74 Å². The van der Waals surface area contributed by atoms with Crippen molar-refractivity contribution in [1.82, 2.24) is 5.32 Å². The van der Waals surface area contributed by atoms with Gasteiger partial charge < -0.3 is 10.1 Å². The van der Waals surface area contributed by atoms with Gasteiger partial charge >= 0.3 is 0 Å². The third kappa shape index (κ3) is 6.21. The number of halogens is 1. The van der Waals surface area contributed by atoms with Crippen molar-refractivity contribution < 1.29 is 4.74 Å². The lowest BCUT2D eigenvalue weighted by Gasteiger charge is -2.19. The fourth-order valence-corrected chi connectivity index (χ4v) is 2.58. The summed E-state index contributed by atoms with van der Waals surface area (Å²) in [5.41, 5.74) is 0.113. The molecule has 1 saturated heterocycles. The van der Waals surface area contributed by atoms with E-state index in [1.807, 2.05) is 0 Å². The molecule has 0 aliphatic carbocycles. The number of hydrogen-bond acceptors (Lipinski definition) is 2. The van der Waals surface area contributed by atoms with Gasteiger partial charge in [-0.05, 0) is 46.1 Å². The molecule has 0 bridgehead atoms. The highest BCUT2D eigenvalue weighted by atomic mass is 79.9. The molecule has 0 saturated carbocycles. The van der Waals surface area contributed by atoms with Crippen molar-refractivity contribution in [3.05, 3.63) is 0 Å². The van der Waals surface area contributed by atoms with E-state index in [0.29, 0.717) is 6.10 Å². The molecule has 1 fully saturated rings. The van der Waals surface area contributed by atoms with Crippen molar-refractivity contribution in [2.45, 2.75) is 64.1 Å². The van der Waals surface area contributed by atoms with Crippen LogP contribution in [0.1, 0.15) is 52.4 Å². The van der Waals surface area contributed by atoms with E-state index in [1.165, 1.54) is 38.5 Å². The molecular formula is C13H26BrNO. The van der Waals surface area contributed by atoms with Crippen molar-refractivity contribution in [1.29, 1.82) is 0 Å². The van der Waals surface area contributed by atoms with Gasteiger partial charge in [0, 0.05) is 11.9 Å². The number of ether oxygens (including phenoxy) is 1. The lowest BCUT2D eigenvalue weighted by molar-refractivity contribution is -0.0141. The van der Waals surface area contributed by atoms with Crippen molar-refractivity contribution >= 4 is 15.9 Å². The van der Waals surface area contributed by atoms with Gasteiger partial charge in [-0.3, -0.25) is 0 Å². The van der Waals surface area contributed by atoms with Gasteiger partial charge in [-0.15, -0.1) is 0 Å². The minimum Gasteiger partial charge on any atom is -0.371 e. The van der Waals surface area contributed by atoms with E-state index in [9.17, 15) is 0 Å². The molecule has 0 aromatic rings. The highest BCUT2D eigenvalue weighted by Gasteiger charge is 2.30. The summed E-state index contributed by atoms with van der Waals surface area (Å²) in [7, 11) is 0. The highest BCUT2D eigenvalue weighted by molar-refractivity contribution is 9.09. The van der Waals surface area contributed by atoms with Crippen LogP contribution < -0.4 is 5.32 Å². The molecule has 0 radical (unpaired) electrons. The maximum absolute atomic E-state index is 5.93. The van der Waals surface area contributed by atoms with Crippen LogP contribution in [0.5, 0.6) is 0 Å². The molecule has 96 valence electrons. The molecular weight excluding hydrogens is 266 g/mol. The molecule has 16 heavy (non-hydrogen) atoms. The summed E-state index contributed by atoms with van der Waals surface area (Å²) in [6, 6.07) is 0. The van der Waals surface area contributed by atoms with Gasteiger partial charge in [0.15, 0.2) is 0 Å². The van der Waals surface area contributed by atoms with Gasteiger partial charge in [0.2, 0.25) is 0 Å². The van der Waals surface area contributed by atoms with Crippen LogP contribution in [0.3, 0.4) is 0 Å². The molecule has 0 aromatic carbocycles. The van der Waals surface area contributed by atoms with Crippen LogP contribution >= 0.6 is 15.9 Å². The van der Waals surface area contributed by atoms with Gasteiger partial charge in [0.05, 0.1) is 11.7 Å². The first-order valence-corrected chi connectivity index (χ1v) is 7.71. The van der Waals surface area contributed by atoms with Crippen LogP contribution in [0.15, 0.2) is 0 Å². The molecule has 1 unspecified atom stereocenters. The molecule has 3 heteroatoms. The molecule has 1 aliphatic heterocycles. The van der Waals surface area contributed by atoms with Gasteiger partial charge in [-0.2, -0.15) is 0 Å². The first-order chi connectivity index (χ1) is 7.64. The molecule has 1 N–H and O–H groups in total. The molecule has 0 amide bonds. The van der Waals surface area contributed by atoms with Gasteiger partial charge in [-0.1, -0.05) is 28.8 Å². The Kier molecular flexibility index (Phi) is 6.94. The first-order valence-electron chi connectivity index (χ1n) is 6.58. The van der Waals surface area contributed by atoms with Gasteiger partial charge in [0.25, 0.3) is 0 Å². The molecule has 0 aromatic heterocycles. The van der Waals surface area contributed by atoms with Crippen LogP contribution in [0.2, 0.25) is 0 Å². The summed E-state index contributed by atoms with van der Waals surface area (Å²) in [4.78, 5) is 0. The van der Waals surface area contributed by atoms with Crippen molar-refractivity contribution in [3.8, 4) is 0 Å². The monoisotopic (exact) mass is 291 g/mol. The number of hydrogen-bond donors (Lipinski definition) is 1. The second-order valence-corrected chi connectivity index (χ2v) is 6.14. The van der Waals surface area contributed by atoms with Gasteiger partial charge in [-0.25, -0.2) is 0 Å². The summed E-state index contributed by atoms with van der Waals surface area (Å²) < 4.78 is 5.93. The predicted octanol–water partition coefficient (Wildman–Crippen LogP) is 3.49. The molecule has 1 atom stereocenters. The van der Waals surface area contributed by atoms with Crippen molar-refractivity contribution in [3.63, 3.8) is 0 Å². The van der Waals surface area contributed by atoms with E-state index in [-0.39, 0.29) is 5.60 Å². The number of nitrogens with one attached hydrogen (secondary N) is 1. The Morgan fingerprint density at radius 2 is 2.00 bits per heavy atom. The number of rotatable bonds is 8. The zero-order valence-corrected chi connectivity index (χ0v) is 12.3. The standard InChI is InChI=1S/C13H26BrNO/c1-13(2)8-7-12(16-13)11-15-10-6-4-3-5-9-14/h12,15H,3-11H2,1-2H3. The Morgan fingerprint density at radius 3 is 2.62 bits per heavy atom. The van der Waals surface area contributed by atoms with Crippen molar-refractivity contribution in [2.24, 2.45) is 0 Å². The molecule has 1 aliphatic rings. The summed E-state index contributed by atoms with van der Waals surface area (Å²) in [6.45, 7) is 6.55. The Bertz CT molecular complexity index is 185. The van der Waals surface area contributed by atoms with Gasteiger partial charge in [0.1, 0.15) is 0 Å². The topological polar surface area (TPSA) is 21.3 Å². The zero-order chi connectivity index (χ0) is 11.9. The average molecular weight is 292 g/mol. The quantitative estimate of drug-likeness (QED) is 0.546. The lowest BCUT2D eigenvalue weighted by atomic mass is 10.1. The van der Waals surface area contributed by atoms with Crippen LogP contribution in [-0.4, -0.2) is 30.1 Å². The normalized spacial score (nSPS) is 23.8. The summed E-state index contributed by atoms with van der Waals surface area (Å²) in [5, 5.41) is 4.65. The minimum atomic E-state index is 0.113. The van der Waals surface area contributed by atoms with Crippen molar-refractivity contribution in [2.75, 3.05) is 18.4 Å². The zero-order valence-electron chi connectivity index (χ0n) is 10.7. The van der Waals surface area contributed by atoms with E-state index in [0.717, 1.165) is 18.4 Å². The smallest absolute Gasteiger partial charge is 0.0707 e. The summed E-state index contributed by atoms with van der Waals surface area (Å²) in [5.74, 6) is 0. The van der Waals surface area contributed by atoms with E-state index >= 15 is 0 Å². The van der Waals surface area contributed by atoms with Crippen LogP contribution in [0.4, 0.5) is 0 Å². The molecule has 1 heterocycles. The van der Waals surface area contributed by atoms with Crippen LogP contribution in [0, 0.1) is 0 Å². The first kappa shape index (κ1) is 14.5. The Labute approximate surface area is 109 Å². The van der Waals surface area contributed by atoms with E-state index < -0.39 is 0 Å². The minimum absolute atomic E-state index is 0.113. The second kappa shape index (κ2) is 7.67. The fourth-order valence-electron chi connectivity index (χ4n) is 2.18. The van der Waals surface area contributed by atoms with E-state index in [1.54, 1.807) is 0 Å². The lowest BCUT2D eigenvalue weighted by Crippen LogP contribution is -2.29. The molecule has 1 rings (SSSR count). The fraction of sp³-hybridized carbons (Fsp3) is 1.00. The predicted molar refractivity (Wildman–Crippen MR) is 73.3 cm³/mol. The Morgan fingerprint density at radius 1 is 1.25 bits per heavy atom. The largest absolute Gasteiger partial charge is 0.371 e. The van der Waals surface area contributed by atoms with Crippen LogP contribution in [0.25, 0.3) is 0 Å². The second-order valence-electron chi connectivity index (χ2n) is 5.35. The average Bonchev–Trinajstić information content (AvgIpc) is 2.57. The highest BCUT2D eigenvalue weighted by Crippen LogP contribution is 2.28. The number of alkyl halides is 1. The SMILES string of the molecule is CC1(C)CCC(CNCCCCCCBr)O1. The summed E-state index contributed by atoms with van der Waals surface area (Å²) in [6.07, 6.45) is 8.14. The third-order valence-electron chi connectivity index (χ3n) is 3.16. The summed E-state index contributed by atoms with van der Waals surface area (Å²) >= 11 is 3.46. The van der Waals surface area contributed by atoms with Crippen LogP contribution in [-0.2, 0) is 4.74 Å². The Hall–Kier alpha value is 0.400. The third-order valence-corrected chi connectivity index (χ3v) is 3.72. The van der Waals surface area contributed by atoms with E-state index in [2.05, 4.69) is 35.1 Å². The Balaban J connectivity index is 1.88. The molecule has 2 nitrogen and oxygen atoms in total. The maximum Gasteiger partial charge on any atom is 0.0707 e. The molecule has 0 spiro atoms.